The number of rotatable bonds is 4. The second-order valence-electron chi connectivity index (χ2n) is 5.63. The molecule has 1 aliphatic rings. The Bertz CT molecular complexity index is 804. The Hall–Kier alpha value is -2.55. The Morgan fingerprint density at radius 3 is 2.72 bits per heavy atom. The predicted octanol–water partition coefficient (Wildman–Crippen LogP) is 3.25. The largest absolute Gasteiger partial charge is 0.477 e. The van der Waals surface area contributed by atoms with Crippen LogP contribution in [0.5, 0.6) is 5.75 Å². The summed E-state index contributed by atoms with van der Waals surface area (Å²) in [6, 6.07) is 3.58. The second kappa shape index (κ2) is 6.07. The van der Waals surface area contributed by atoms with Crippen molar-refractivity contribution < 1.29 is 31.8 Å². The number of nitrogens with two attached hydrogens (primary N) is 1. The fourth-order valence-electron chi connectivity index (χ4n) is 2.68. The molecular formula is C16H14F4N2O3. The number of anilines is 1. The standard InChI is InChI=1S/C16H14F4N2O3/c17-15(18)6-10(13-9(8-23)2-4-24-13)7-16(19,20)14(15)25-11-1-3-22-12(21)5-11/h1-6,14,23H,7-8H2,(H2,21,22). The van der Waals surface area contributed by atoms with Crippen molar-refractivity contribution in [3.05, 3.63) is 48.1 Å². The molecule has 0 fully saturated rings. The average molecular weight is 358 g/mol. The highest BCUT2D eigenvalue weighted by atomic mass is 19.3. The van der Waals surface area contributed by atoms with Crippen molar-refractivity contribution in [1.29, 1.82) is 0 Å². The number of nitrogen functional groups attached to an aromatic ring is 1. The number of nitrogens with zero attached hydrogens (tertiary/aromatic N) is 1. The molecule has 2 aromatic rings. The van der Waals surface area contributed by atoms with E-state index in [0.717, 1.165) is 18.4 Å². The van der Waals surface area contributed by atoms with Gasteiger partial charge in [0.25, 0.3) is 5.92 Å². The van der Waals surface area contributed by atoms with E-state index in [1.54, 1.807) is 0 Å². The van der Waals surface area contributed by atoms with Gasteiger partial charge in [-0.2, -0.15) is 8.78 Å². The molecule has 0 saturated carbocycles. The van der Waals surface area contributed by atoms with Crippen LogP contribution in [0.25, 0.3) is 5.57 Å². The fraction of sp³-hybridized carbons (Fsp3) is 0.312. The normalized spacial score (nSPS) is 21.6. The van der Waals surface area contributed by atoms with Gasteiger partial charge in [-0.1, -0.05) is 0 Å². The van der Waals surface area contributed by atoms with Gasteiger partial charge in [-0.25, -0.2) is 13.8 Å². The number of ether oxygens (including phenoxy) is 1. The molecule has 0 saturated heterocycles. The number of hydrogen-bond donors (Lipinski definition) is 2. The molecule has 2 aromatic heterocycles. The lowest BCUT2D eigenvalue weighted by Gasteiger charge is -2.36. The number of aliphatic hydroxyl groups is 1. The SMILES string of the molecule is Nc1cc(OC2C(F)(F)C=C(c3occc3CO)CC2(F)F)ccn1. The molecule has 1 unspecified atom stereocenters. The minimum atomic E-state index is -3.98. The summed E-state index contributed by atoms with van der Waals surface area (Å²) in [7, 11) is 0. The van der Waals surface area contributed by atoms with Crippen LogP contribution in [0.15, 0.2) is 41.2 Å². The number of pyridine rings is 1. The summed E-state index contributed by atoms with van der Waals surface area (Å²) in [5, 5.41) is 9.17. The summed E-state index contributed by atoms with van der Waals surface area (Å²) >= 11 is 0. The Kier molecular flexibility index (Phi) is 4.19. The van der Waals surface area contributed by atoms with E-state index in [4.69, 9.17) is 20.0 Å². The molecule has 0 radical (unpaired) electrons. The van der Waals surface area contributed by atoms with Crippen LogP contribution in [-0.2, 0) is 6.61 Å². The van der Waals surface area contributed by atoms with Crippen molar-refractivity contribution >= 4 is 11.4 Å². The third-order valence-corrected chi connectivity index (χ3v) is 3.74. The molecule has 0 amide bonds. The molecule has 0 aliphatic heterocycles. The lowest BCUT2D eigenvalue weighted by Crippen LogP contribution is -2.53. The van der Waals surface area contributed by atoms with E-state index < -0.39 is 36.5 Å². The van der Waals surface area contributed by atoms with Crippen LogP contribution in [-0.4, -0.2) is 28.0 Å². The van der Waals surface area contributed by atoms with E-state index in [-0.39, 0.29) is 22.9 Å². The predicted molar refractivity (Wildman–Crippen MR) is 80.2 cm³/mol. The molecule has 0 aromatic carbocycles. The Balaban J connectivity index is 1.96. The molecule has 1 atom stereocenters. The summed E-state index contributed by atoms with van der Waals surface area (Å²) < 4.78 is 67.5. The van der Waals surface area contributed by atoms with E-state index >= 15 is 0 Å². The minimum absolute atomic E-state index is 0.0423. The monoisotopic (exact) mass is 358 g/mol. The zero-order valence-electron chi connectivity index (χ0n) is 12.8. The topological polar surface area (TPSA) is 81.5 Å². The van der Waals surface area contributed by atoms with Crippen molar-refractivity contribution in [1.82, 2.24) is 4.98 Å². The van der Waals surface area contributed by atoms with Crippen molar-refractivity contribution in [2.24, 2.45) is 0 Å². The average Bonchev–Trinajstić information content (AvgIpc) is 2.99. The molecule has 3 rings (SSSR count). The van der Waals surface area contributed by atoms with Crippen LogP contribution in [0.3, 0.4) is 0 Å². The molecule has 134 valence electrons. The zero-order chi connectivity index (χ0) is 18.2. The van der Waals surface area contributed by atoms with Crippen molar-refractivity contribution in [2.45, 2.75) is 31.0 Å². The van der Waals surface area contributed by atoms with Crippen LogP contribution in [0.1, 0.15) is 17.7 Å². The van der Waals surface area contributed by atoms with E-state index in [2.05, 4.69) is 4.98 Å². The summed E-state index contributed by atoms with van der Waals surface area (Å²) in [5.41, 5.74) is 5.16. The van der Waals surface area contributed by atoms with Gasteiger partial charge in [0.05, 0.1) is 12.9 Å². The third kappa shape index (κ3) is 3.32. The van der Waals surface area contributed by atoms with E-state index in [0.29, 0.717) is 6.08 Å². The van der Waals surface area contributed by atoms with Crippen molar-refractivity contribution in [2.75, 3.05) is 5.73 Å². The quantitative estimate of drug-likeness (QED) is 0.820. The van der Waals surface area contributed by atoms with Crippen LogP contribution in [0, 0.1) is 0 Å². The van der Waals surface area contributed by atoms with Crippen LogP contribution in [0.4, 0.5) is 23.4 Å². The number of allylic oxidation sites excluding steroid dienone is 1. The van der Waals surface area contributed by atoms with E-state index in [1.807, 2.05) is 0 Å². The molecule has 9 heteroatoms. The van der Waals surface area contributed by atoms with Crippen molar-refractivity contribution in [3.63, 3.8) is 0 Å². The third-order valence-electron chi connectivity index (χ3n) is 3.74. The maximum absolute atomic E-state index is 14.4. The summed E-state index contributed by atoms with van der Waals surface area (Å²) in [6.45, 7) is -0.517. The van der Waals surface area contributed by atoms with E-state index in [1.165, 1.54) is 12.3 Å². The second-order valence-corrected chi connectivity index (χ2v) is 5.63. The first-order valence-electron chi connectivity index (χ1n) is 7.26. The molecule has 0 bridgehead atoms. The number of furan rings is 1. The van der Waals surface area contributed by atoms with Crippen molar-refractivity contribution in [3.8, 4) is 5.75 Å². The summed E-state index contributed by atoms with van der Waals surface area (Å²) in [5.74, 6) is -8.32. The number of aromatic nitrogens is 1. The summed E-state index contributed by atoms with van der Waals surface area (Å²) in [6.07, 6.45) is -1.04. The zero-order valence-corrected chi connectivity index (χ0v) is 12.8. The van der Waals surface area contributed by atoms with Gasteiger partial charge < -0.3 is 20.0 Å². The molecular weight excluding hydrogens is 344 g/mol. The van der Waals surface area contributed by atoms with Gasteiger partial charge >= 0.3 is 5.92 Å². The highest BCUT2D eigenvalue weighted by molar-refractivity contribution is 5.67. The lowest BCUT2D eigenvalue weighted by molar-refractivity contribution is -0.183. The highest BCUT2D eigenvalue weighted by Crippen LogP contribution is 2.47. The molecule has 2 heterocycles. The molecule has 1 aliphatic carbocycles. The number of hydrogen-bond acceptors (Lipinski definition) is 5. The van der Waals surface area contributed by atoms with Gasteiger partial charge in [0.15, 0.2) is 0 Å². The molecule has 25 heavy (non-hydrogen) atoms. The number of halogens is 4. The molecule has 5 nitrogen and oxygen atoms in total. The van der Waals surface area contributed by atoms with Gasteiger partial charge in [0.2, 0.25) is 6.10 Å². The van der Waals surface area contributed by atoms with Crippen LogP contribution in [0.2, 0.25) is 0 Å². The number of aliphatic hydroxyl groups excluding tert-OH is 1. The Labute approximate surface area is 139 Å². The Morgan fingerprint density at radius 2 is 2.08 bits per heavy atom. The summed E-state index contributed by atoms with van der Waals surface area (Å²) in [4.78, 5) is 3.65. The fourth-order valence-corrected chi connectivity index (χ4v) is 2.68. The lowest BCUT2D eigenvalue weighted by atomic mass is 9.88. The van der Waals surface area contributed by atoms with E-state index in [9.17, 15) is 17.6 Å². The first-order chi connectivity index (χ1) is 11.7. The van der Waals surface area contributed by atoms with Crippen LogP contribution >= 0.6 is 0 Å². The molecule has 3 N–H and O–H groups in total. The van der Waals surface area contributed by atoms with Gasteiger partial charge in [0.1, 0.15) is 17.3 Å². The van der Waals surface area contributed by atoms with Gasteiger partial charge in [-0.15, -0.1) is 0 Å². The highest BCUT2D eigenvalue weighted by Gasteiger charge is 2.59. The number of alkyl halides is 4. The minimum Gasteiger partial charge on any atom is -0.477 e. The Morgan fingerprint density at radius 1 is 1.32 bits per heavy atom. The maximum Gasteiger partial charge on any atom is 0.309 e. The molecule has 0 spiro atoms. The van der Waals surface area contributed by atoms with Gasteiger partial charge in [-0.05, 0) is 18.2 Å². The van der Waals surface area contributed by atoms with Gasteiger partial charge in [0, 0.05) is 29.8 Å². The smallest absolute Gasteiger partial charge is 0.309 e. The van der Waals surface area contributed by atoms with Crippen LogP contribution < -0.4 is 10.5 Å². The maximum atomic E-state index is 14.4. The first kappa shape index (κ1) is 17.3. The first-order valence-corrected chi connectivity index (χ1v) is 7.26. The van der Waals surface area contributed by atoms with Gasteiger partial charge in [-0.3, -0.25) is 0 Å².